The van der Waals surface area contributed by atoms with Crippen LogP contribution in [0, 0.1) is 17.5 Å². The Bertz CT molecular complexity index is 1080. The molecule has 152 valence electrons. The van der Waals surface area contributed by atoms with Crippen LogP contribution in [0.1, 0.15) is 16.6 Å². The Balaban J connectivity index is 1.97. The van der Waals surface area contributed by atoms with E-state index < -0.39 is 23.4 Å². The first-order chi connectivity index (χ1) is 14.0. The zero-order chi connectivity index (χ0) is 20.5. The third-order valence-electron chi connectivity index (χ3n) is 4.62. The summed E-state index contributed by atoms with van der Waals surface area (Å²) < 4.78 is 53.1. The minimum atomic E-state index is -1.30. The molecule has 29 heavy (non-hydrogen) atoms. The normalized spacial score (nSPS) is 14.4. The number of halogens is 3. The van der Waals surface area contributed by atoms with E-state index in [-0.39, 0.29) is 17.9 Å². The lowest BCUT2D eigenvalue weighted by atomic mass is 10.1. The number of hydrogen-bond acceptors (Lipinski definition) is 6. The highest BCUT2D eigenvalue weighted by Crippen LogP contribution is 2.43. The van der Waals surface area contributed by atoms with Crippen molar-refractivity contribution in [1.29, 1.82) is 0 Å². The van der Waals surface area contributed by atoms with Gasteiger partial charge >= 0.3 is 5.97 Å². The van der Waals surface area contributed by atoms with E-state index in [1.54, 1.807) is 13.0 Å². The molecular weight excluding hydrogens is 405 g/mol. The number of carbonyl (C=O) groups excluding carboxylic acids is 1. The predicted molar refractivity (Wildman–Crippen MR) is 104 cm³/mol. The van der Waals surface area contributed by atoms with Gasteiger partial charge in [0, 0.05) is 36.3 Å². The summed E-state index contributed by atoms with van der Waals surface area (Å²) >= 11 is 1.08. The quantitative estimate of drug-likeness (QED) is 0.461. The highest BCUT2D eigenvalue weighted by atomic mass is 32.1. The Hall–Kier alpha value is -2.65. The Kier molecular flexibility index (Phi) is 5.42. The summed E-state index contributed by atoms with van der Waals surface area (Å²) in [5, 5.41) is 0.647. The highest BCUT2D eigenvalue weighted by molar-refractivity contribution is 7.22. The maximum absolute atomic E-state index is 14.4. The fourth-order valence-corrected chi connectivity index (χ4v) is 4.58. The lowest BCUT2D eigenvalue weighted by molar-refractivity contribution is 0.0532. The first kappa shape index (κ1) is 19.7. The molecule has 1 aliphatic rings. The van der Waals surface area contributed by atoms with E-state index >= 15 is 0 Å². The predicted octanol–water partition coefficient (Wildman–Crippen LogP) is 4.39. The van der Waals surface area contributed by atoms with Crippen molar-refractivity contribution in [3.63, 3.8) is 0 Å². The molecule has 9 heteroatoms. The van der Waals surface area contributed by atoms with Crippen LogP contribution < -0.4 is 4.90 Å². The molecule has 1 fully saturated rings. The van der Waals surface area contributed by atoms with Crippen molar-refractivity contribution in [3.05, 3.63) is 46.7 Å². The van der Waals surface area contributed by atoms with Gasteiger partial charge in [-0.15, -0.1) is 11.3 Å². The van der Waals surface area contributed by atoms with Gasteiger partial charge < -0.3 is 14.4 Å². The number of esters is 1. The molecule has 3 heterocycles. The molecule has 5 nitrogen and oxygen atoms in total. The van der Waals surface area contributed by atoms with E-state index in [0.717, 1.165) is 17.4 Å². The fraction of sp³-hybridized carbons (Fsp3) is 0.300. The summed E-state index contributed by atoms with van der Waals surface area (Å²) in [7, 11) is 0. The van der Waals surface area contributed by atoms with E-state index in [2.05, 4.69) is 4.98 Å². The lowest BCUT2D eigenvalue weighted by Crippen LogP contribution is -2.36. The second kappa shape index (κ2) is 8.00. The number of pyridine rings is 1. The van der Waals surface area contributed by atoms with Gasteiger partial charge in [-0.1, -0.05) is 0 Å². The van der Waals surface area contributed by atoms with E-state index in [4.69, 9.17) is 9.47 Å². The molecule has 0 bridgehead atoms. The van der Waals surface area contributed by atoms with Crippen LogP contribution >= 0.6 is 11.3 Å². The first-order valence-corrected chi connectivity index (χ1v) is 9.89. The van der Waals surface area contributed by atoms with E-state index in [1.165, 1.54) is 6.20 Å². The van der Waals surface area contributed by atoms with Crippen molar-refractivity contribution >= 4 is 33.1 Å². The molecule has 0 N–H and O–H groups in total. The smallest absolute Gasteiger partial charge is 0.350 e. The van der Waals surface area contributed by atoms with Crippen molar-refractivity contribution < 1.29 is 27.4 Å². The summed E-state index contributed by atoms with van der Waals surface area (Å²) in [6.07, 6.45) is 1.44. The SMILES string of the molecule is CCOC(=O)c1sc2c(-c3cc(F)cc(F)c3F)nccc2c1N1CCOCC1. The summed E-state index contributed by atoms with van der Waals surface area (Å²) in [6.45, 7) is 4.04. The van der Waals surface area contributed by atoms with Crippen LogP contribution in [0.3, 0.4) is 0 Å². The number of nitrogens with zero attached hydrogens (tertiary/aromatic N) is 2. The van der Waals surface area contributed by atoms with Crippen LogP contribution in [0.2, 0.25) is 0 Å². The number of morpholine rings is 1. The molecule has 0 atom stereocenters. The Labute approximate surface area is 168 Å². The summed E-state index contributed by atoms with van der Waals surface area (Å²) in [5.41, 5.74) is 0.430. The van der Waals surface area contributed by atoms with E-state index in [9.17, 15) is 18.0 Å². The summed E-state index contributed by atoms with van der Waals surface area (Å²) in [6, 6.07) is 3.09. The number of carbonyl (C=O) groups is 1. The van der Waals surface area contributed by atoms with Gasteiger partial charge in [0.2, 0.25) is 0 Å². The average Bonchev–Trinajstić information content (AvgIpc) is 3.11. The summed E-state index contributed by atoms with van der Waals surface area (Å²) in [5.74, 6) is -3.90. The van der Waals surface area contributed by atoms with Crippen LogP contribution in [0.15, 0.2) is 24.4 Å². The lowest BCUT2D eigenvalue weighted by Gasteiger charge is -2.29. The van der Waals surface area contributed by atoms with Gasteiger partial charge in [0.15, 0.2) is 11.6 Å². The summed E-state index contributed by atoms with van der Waals surface area (Å²) in [4.78, 5) is 19.1. The molecule has 4 rings (SSSR count). The average molecular weight is 422 g/mol. The van der Waals surface area contributed by atoms with Gasteiger partial charge in [0.1, 0.15) is 10.7 Å². The number of rotatable bonds is 4. The highest BCUT2D eigenvalue weighted by Gasteiger charge is 2.28. The molecule has 0 aliphatic carbocycles. The second-order valence-electron chi connectivity index (χ2n) is 6.39. The van der Waals surface area contributed by atoms with Crippen LogP contribution in [-0.2, 0) is 9.47 Å². The van der Waals surface area contributed by atoms with Gasteiger partial charge in [-0.25, -0.2) is 18.0 Å². The zero-order valence-corrected chi connectivity index (χ0v) is 16.3. The second-order valence-corrected chi connectivity index (χ2v) is 7.41. The minimum absolute atomic E-state index is 0.0773. The van der Waals surface area contributed by atoms with Crippen molar-refractivity contribution in [2.45, 2.75) is 6.92 Å². The number of fused-ring (bicyclic) bond motifs is 1. The number of ether oxygens (including phenoxy) is 2. The molecule has 0 saturated carbocycles. The molecule has 1 aliphatic heterocycles. The van der Waals surface area contributed by atoms with Crippen LogP contribution in [0.4, 0.5) is 18.9 Å². The third kappa shape index (κ3) is 3.56. The number of anilines is 1. The van der Waals surface area contributed by atoms with Crippen molar-refractivity contribution in [2.24, 2.45) is 0 Å². The Morgan fingerprint density at radius 3 is 2.76 bits per heavy atom. The van der Waals surface area contributed by atoms with Gasteiger partial charge in [-0.3, -0.25) is 4.98 Å². The molecule has 2 aromatic heterocycles. The monoisotopic (exact) mass is 422 g/mol. The van der Waals surface area contributed by atoms with Gasteiger partial charge in [-0.2, -0.15) is 0 Å². The topological polar surface area (TPSA) is 51.7 Å². The number of hydrogen-bond donors (Lipinski definition) is 0. The molecule has 0 radical (unpaired) electrons. The van der Waals surface area contributed by atoms with Crippen molar-refractivity contribution in [3.8, 4) is 11.3 Å². The standard InChI is InChI=1S/C20H17F3N2O3S/c1-2-28-20(26)19-17(25-5-7-27-8-6-25)12-3-4-24-16(18(12)29-19)13-9-11(21)10-14(22)15(13)23/h3-4,9-10H,2,5-8H2,1H3. The molecule has 1 aromatic carbocycles. The van der Waals surface area contributed by atoms with Gasteiger partial charge in [0.25, 0.3) is 0 Å². The van der Waals surface area contributed by atoms with Gasteiger partial charge in [-0.05, 0) is 19.1 Å². The van der Waals surface area contributed by atoms with E-state index in [1.807, 2.05) is 4.90 Å². The van der Waals surface area contributed by atoms with Crippen molar-refractivity contribution in [2.75, 3.05) is 37.8 Å². The van der Waals surface area contributed by atoms with Crippen molar-refractivity contribution in [1.82, 2.24) is 4.98 Å². The fourth-order valence-electron chi connectivity index (χ4n) is 3.37. The van der Waals surface area contributed by atoms with Gasteiger partial charge in [0.05, 0.1) is 35.9 Å². The molecule has 0 amide bonds. The van der Waals surface area contributed by atoms with E-state index in [0.29, 0.717) is 53.0 Å². The maximum Gasteiger partial charge on any atom is 0.350 e. The molecule has 3 aromatic rings. The maximum atomic E-state index is 14.4. The molecule has 0 spiro atoms. The third-order valence-corrected chi connectivity index (χ3v) is 5.80. The Morgan fingerprint density at radius 2 is 2.03 bits per heavy atom. The number of thiophene rings is 1. The molecular formula is C20H17F3N2O3S. The van der Waals surface area contributed by atoms with Crippen LogP contribution in [-0.4, -0.2) is 43.9 Å². The van der Waals surface area contributed by atoms with Crippen LogP contribution in [0.25, 0.3) is 21.3 Å². The zero-order valence-electron chi connectivity index (χ0n) is 15.5. The van der Waals surface area contributed by atoms with Crippen LogP contribution in [0.5, 0.6) is 0 Å². The largest absolute Gasteiger partial charge is 0.462 e. The molecule has 1 saturated heterocycles. The number of aromatic nitrogens is 1. The Morgan fingerprint density at radius 1 is 1.28 bits per heavy atom. The number of benzene rings is 1. The molecule has 0 unspecified atom stereocenters. The first-order valence-electron chi connectivity index (χ1n) is 9.07. The minimum Gasteiger partial charge on any atom is -0.462 e.